The van der Waals surface area contributed by atoms with Crippen LogP contribution in [0.3, 0.4) is 0 Å². The third kappa shape index (κ3) is 9.51. The molecule has 2 aromatic carbocycles. The van der Waals surface area contributed by atoms with Crippen molar-refractivity contribution in [3.8, 4) is 0 Å². The normalized spacial score (nSPS) is 13.8. The van der Waals surface area contributed by atoms with Crippen molar-refractivity contribution in [1.82, 2.24) is 15.5 Å². The fourth-order valence-electron chi connectivity index (χ4n) is 4.46. The average Bonchev–Trinajstić information content (AvgIpc) is 2.80. The SMILES string of the molecule is CCCC(C)NC(=O)C(c1cccc(C)c1)N(C(=O)C(Cc1ccccc1)NC(=O)OC(C)(C)C)C(C)C. The molecule has 0 aromatic heterocycles. The van der Waals surface area contributed by atoms with Crippen molar-refractivity contribution >= 4 is 17.9 Å². The number of hydrogen-bond donors (Lipinski definition) is 2. The molecule has 0 aliphatic carbocycles. The van der Waals surface area contributed by atoms with Gasteiger partial charge >= 0.3 is 6.09 Å². The standard InChI is InChI=1S/C31H45N3O4/c1-9-14-23(5)32-28(35)27(25-18-13-15-22(4)19-25)34(21(2)3)29(36)26(20-24-16-11-10-12-17-24)33-30(37)38-31(6,7)8/h10-13,15-19,21,23,26-27H,9,14,20H2,1-8H3,(H,32,35)(H,33,37). The van der Waals surface area contributed by atoms with E-state index in [1.165, 1.54) is 0 Å². The van der Waals surface area contributed by atoms with Crippen molar-refractivity contribution < 1.29 is 19.1 Å². The highest BCUT2D eigenvalue weighted by molar-refractivity contribution is 5.92. The summed E-state index contributed by atoms with van der Waals surface area (Å²) in [5, 5.41) is 5.90. The van der Waals surface area contributed by atoms with Gasteiger partial charge in [0.25, 0.3) is 0 Å². The maximum atomic E-state index is 14.3. The van der Waals surface area contributed by atoms with E-state index < -0.39 is 23.8 Å². The molecular weight excluding hydrogens is 478 g/mol. The van der Waals surface area contributed by atoms with Gasteiger partial charge in [-0.1, -0.05) is 73.5 Å². The van der Waals surface area contributed by atoms with Gasteiger partial charge < -0.3 is 20.3 Å². The number of hydrogen-bond acceptors (Lipinski definition) is 4. The topological polar surface area (TPSA) is 87.7 Å². The highest BCUT2D eigenvalue weighted by atomic mass is 16.6. The van der Waals surface area contributed by atoms with Gasteiger partial charge in [0.1, 0.15) is 17.7 Å². The fourth-order valence-corrected chi connectivity index (χ4v) is 4.46. The number of rotatable bonds is 11. The molecular formula is C31H45N3O4. The fraction of sp³-hybridized carbons (Fsp3) is 0.516. The van der Waals surface area contributed by atoms with E-state index >= 15 is 0 Å². The number of aryl methyl sites for hydroxylation is 1. The van der Waals surface area contributed by atoms with Crippen molar-refractivity contribution in [3.05, 3.63) is 71.3 Å². The lowest BCUT2D eigenvalue weighted by Crippen LogP contribution is -2.56. The van der Waals surface area contributed by atoms with E-state index in [4.69, 9.17) is 4.74 Å². The summed E-state index contributed by atoms with van der Waals surface area (Å²) in [4.78, 5) is 42.4. The number of ether oxygens (including phenoxy) is 1. The summed E-state index contributed by atoms with van der Waals surface area (Å²) >= 11 is 0. The lowest BCUT2D eigenvalue weighted by atomic mass is 9.97. The highest BCUT2D eigenvalue weighted by Crippen LogP contribution is 2.27. The maximum absolute atomic E-state index is 14.3. The second kappa shape index (κ2) is 14.0. The van der Waals surface area contributed by atoms with Crippen LogP contribution in [-0.4, -0.2) is 46.5 Å². The van der Waals surface area contributed by atoms with Crippen molar-refractivity contribution in [2.45, 2.75) is 104 Å². The first-order valence-electron chi connectivity index (χ1n) is 13.5. The van der Waals surface area contributed by atoms with E-state index in [0.717, 1.165) is 29.5 Å². The molecule has 7 nitrogen and oxygen atoms in total. The van der Waals surface area contributed by atoms with E-state index in [9.17, 15) is 14.4 Å². The lowest BCUT2D eigenvalue weighted by molar-refractivity contribution is -0.144. The second-order valence-electron chi connectivity index (χ2n) is 11.2. The third-order valence-electron chi connectivity index (χ3n) is 6.08. The van der Waals surface area contributed by atoms with Gasteiger partial charge in [0.05, 0.1) is 0 Å². The first kappa shape index (κ1) is 30.9. The molecule has 3 unspecified atom stereocenters. The van der Waals surface area contributed by atoms with Crippen molar-refractivity contribution in [2.24, 2.45) is 0 Å². The maximum Gasteiger partial charge on any atom is 0.408 e. The minimum Gasteiger partial charge on any atom is -0.444 e. The molecule has 3 atom stereocenters. The number of amides is 3. The van der Waals surface area contributed by atoms with Gasteiger partial charge in [-0.2, -0.15) is 0 Å². The van der Waals surface area contributed by atoms with Crippen LogP contribution in [0.5, 0.6) is 0 Å². The second-order valence-corrected chi connectivity index (χ2v) is 11.2. The van der Waals surface area contributed by atoms with Gasteiger partial charge in [-0.15, -0.1) is 0 Å². The Morgan fingerprint density at radius 3 is 2.16 bits per heavy atom. The van der Waals surface area contributed by atoms with Crippen molar-refractivity contribution in [2.75, 3.05) is 0 Å². The van der Waals surface area contributed by atoms with Gasteiger partial charge in [0.15, 0.2) is 0 Å². The van der Waals surface area contributed by atoms with Gasteiger partial charge in [-0.3, -0.25) is 9.59 Å². The Balaban J connectivity index is 2.52. The lowest BCUT2D eigenvalue weighted by Gasteiger charge is -2.37. The molecule has 3 amide bonds. The summed E-state index contributed by atoms with van der Waals surface area (Å²) in [6.07, 6.45) is 1.35. The van der Waals surface area contributed by atoms with Crippen LogP contribution in [0.4, 0.5) is 4.79 Å². The number of alkyl carbamates (subject to hydrolysis) is 1. The van der Waals surface area contributed by atoms with E-state index in [0.29, 0.717) is 0 Å². The number of benzene rings is 2. The molecule has 0 aliphatic rings. The number of carbonyl (C=O) groups is 3. The molecule has 38 heavy (non-hydrogen) atoms. The largest absolute Gasteiger partial charge is 0.444 e. The first-order chi connectivity index (χ1) is 17.8. The molecule has 0 heterocycles. The Hall–Kier alpha value is -3.35. The Morgan fingerprint density at radius 2 is 1.61 bits per heavy atom. The number of nitrogens with one attached hydrogen (secondary N) is 2. The molecule has 0 bridgehead atoms. The van der Waals surface area contributed by atoms with Crippen LogP contribution in [0.1, 0.15) is 84.0 Å². The Morgan fingerprint density at radius 1 is 0.947 bits per heavy atom. The molecule has 0 saturated heterocycles. The van der Waals surface area contributed by atoms with Crippen LogP contribution in [0.15, 0.2) is 54.6 Å². The minimum absolute atomic E-state index is 0.0380. The third-order valence-corrected chi connectivity index (χ3v) is 6.08. The quantitative estimate of drug-likeness (QED) is 0.395. The van der Waals surface area contributed by atoms with Crippen LogP contribution >= 0.6 is 0 Å². The summed E-state index contributed by atoms with van der Waals surface area (Å²) in [5.41, 5.74) is 1.88. The molecule has 7 heteroatoms. The molecule has 0 saturated carbocycles. The van der Waals surface area contributed by atoms with E-state index in [2.05, 4.69) is 17.6 Å². The Labute approximate surface area is 228 Å². The molecule has 0 aliphatic heterocycles. The summed E-state index contributed by atoms with van der Waals surface area (Å²) in [5.74, 6) is -0.589. The Kier molecular flexibility index (Phi) is 11.4. The molecule has 0 fully saturated rings. The van der Waals surface area contributed by atoms with Gasteiger partial charge in [0.2, 0.25) is 11.8 Å². The number of carbonyl (C=O) groups excluding carboxylic acids is 3. The zero-order chi connectivity index (χ0) is 28.5. The predicted octanol–water partition coefficient (Wildman–Crippen LogP) is 5.71. The summed E-state index contributed by atoms with van der Waals surface area (Å²) in [7, 11) is 0. The summed E-state index contributed by atoms with van der Waals surface area (Å²) in [6.45, 7) is 15.1. The molecule has 0 radical (unpaired) electrons. The van der Waals surface area contributed by atoms with Crippen LogP contribution in [-0.2, 0) is 20.7 Å². The molecule has 0 spiro atoms. The zero-order valence-electron chi connectivity index (χ0n) is 24.2. The molecule has 2 aromatic rings. The predicted molar refractivity (Wildman–Crippen MR) is 152 cm³/mol. The highest BCUT2D eigenvalue weighted by Gasteiger charge is 2.38. The van der Waals surface area contributed by atoms with Gasteiger partial charge in [-0.05, 0) is 66.0 Å². The van der Waals surface area contributed by atoms with Gasteiger partial charge in [-0.25, -0.2) is 4.79 Å². The smallest absolute Gasteiger partial charge is 0.408 e. The van der Waals surface area contributed by atoms with Crippen molar-refractivity contribution in [1.29, 1.82) is 0 Å². The number of nitrogens with zero attached hydrogens (tertiary/aromatic N) is 1. The molecule has 208 valence electrons. The summed E-state index contributed by atoms with van der Waals surface area (Å²) in [6, 6.07) is 15.0. The van der Waals surface area contributed by atoms with Crippen LogP contribution in [0, 0.1) is 6.92 Å². The minimum atomic E-state index is -0.928. The average molecular weight is 524 g/mol. The van der Waals surface area contributed by atoms with Crippen LogP contribution < -0.4 is 10.6 Å². The Bertz CT molecular complexity index is 1060. The molecule has 2 N–H and O–H groups in total. The van der Waals surface area contributed by atoms with E-state index in [-0.39, 0.29) is 30.3 Å². The first-order valence-corrected chi connectivity index (χ1v) is 13.5. The monoisotopic (exact) mass is 523 g/mol. The van der Waals surface area contributed by atoms with Crippen molar-refractivity contribution in [3.63, 3.8) is 0 Å². The van der Waals surface area contributed by atoms with Crippen LogP contribution in [0.25, 0.3) is 0 Å². The zero-order valence-corrected chi connectivity index (χ0v) is 24.2. The van der Waals surface area contributed by atoms with E-state index in [1.54, 1.807) is 25.7 Å². The van der Waals surface area contributed by atoms with Crippen LogP contribution in [0.2, 0.25) is 0 Å². The summed E-state index contributed by atoms with van der Waals surface area (Å²) < 4.78 is 5.48. The van der Waals surface area contributed by atoms with E-state index in [1.807, 2.05) is 82.3 Å². The molecule has 2 rings (SSSR count). The van der Waals surface area contributed by atoms with Gasteiger partial charge in [0, 0.05) is 18.5 Å².